The number of imidazole rings is 1. The highest BCUT2D eigenvalue weighted by Gasteiger charge is 2.04. The van der Waals surface area contributed by atoms with Gasteiger partial charge in [-0.2, -0.15) is 0 Å². The van der Waals surface area contributed by atoms with Crippen LogP contribution in [0.1, 0.15) is 19.8 Å². The third kappa shape index (κ3) is 1.43. The van der Waals surface area contributed by atoms with Crippen LogP contribution in [0, 0.1) is 0 Å². The number of unbranched alkanes of at least 4 members (excludes halogenated alkanes) is 1. The summed E-state index contributed by atoms with van der Waals surface area (Å²) in [6.07, 6.45) is 5.50. The molecule has 0 amide bonds. The summed E-state index contributed by atoms with van der Waals surface area (Å²) in [5, 5.41) is 0. The second kappa shape index (κ2) is 3.65. The van der Waals surface area contributed by atoms with E-state index in [4.69, 9.17) is 0 Å². The summed E-state index contributed by atoms with van der Waals surface area (Å²) in [5.74, 6) is 0. The highest BCUT2D eigenvalue weighted by molar-refractivity contribution is 5.73. The van der Waals surface area contributed by atoms with Crippen LogP contribution in [0.25, 0.3) is 11.0 Å². The molecule has 74 valence electrons. The molecule has 0 aromatic carbocycles. The number of pyridine rings is 1. The lowest BCUT2D eigenvalue weighted by Gasteiger charge is -2.00. The largest absolute Gasteiger partial charge is 0.326 e. The number of aryl methyl sites for hydroxylation is 1. The fourth-order valence-corrected chi connectivity index (χ4v) is 1.55. The quantitative estimate of drug-likeness (QED) is 0.799. The lowest BCUT2D eigenvalue weighted by Crippen LogP contribution is -2.16. The van der Waals surface area contributed by atoms with Crippen LogP contribution in [-0.4, -0.2) is 14.5 Å². The number of H-pyrrole nitrogens is 1. The van der Waals surface area contributed by atoms with Crippen molar-refractivity contribution in [2.75, 3.05) is 0 Å². The average molecular weight is 191 g/mol. The van der Waals surface area contributed by atoms with Gasteiger partial charge >= 0.3 is 5.69 Å². The molecular formula is C10H13N3O. The minimum atomic E-state index is -0.0403. The van der Waals surface area contributed by atoms with Crippen molar-refractivity contribution in [3.8, 4) is 0 Å². The Morgan fingerprint density at radius 1 is 1.57 bits per heavy atom. The first kappa shape index (κ1) is 8.99. The van der Waals surface area contributed by atoms with Crippen LogP contribution in [0.15, 0.2) is 23.3 Å². The lowest BCUT2D eigenvalue weighted by molar-refractivity contribution is 0.629. The van der Waals surface area contributed by atoms with Crippen molar-refractivity contribution in [1.29, 1.82) is 0 Å². The monoisotopic (exact) mass is 191 g/mol. The molecule has 0 unspecified atom stereocenters. The van der Waals surface area contributed by atoms with Gasteiger partial charge in [0.05, 0.1) is 17.2 Å². The van der Waals surface area contributed by atoms with Gasteiger partial charge in [0.2, 0.25) is 0 Å². The summed E-state index contributed by atoms with van der Waals surface area (Å²) < 4.78 is 1.76. The summed E-state index contributed by atoms with van der Waals surface area (Å²) in [5.41, 5.74) is 1.72. The summed E-state index contributed by atoms with van der Waals surface area (Å²) in [6.45, 7) is 2.89. The third-order valence-corrected chi connectivity index (χ3v) is 2.31. The van der Waals surface area contributed by atoms with E-state index in [0.29, 0.717) is 0 Å². The SMILES string of the molecule is CCCCn1c(=O)[nH]c2cnccc21. The van der Waals surface area contributed by atoms with Gasteiger partial charge in [0.1, 0.15) is 0 Å². The van der Waals surface area contributed by atoms with E-state index in [1.54, 1.807) is 17.0 Å². The van der Waals surface area contributed by atoms with Crippen LogP contribution in [0.3, 0.4) is 0 Å². The zero-order valence-electron chi connectivity index (χ0n) is 8.16. The second-order valence-electron chi connectivity index (χ2n) is 3.33. The highest BCUT2D eigenvalue weighted by atomic mass is 16.1. The first-order chi connectivity index (χ1) is 6.83. The minimum absolute atomic E-state index is 0.0403. The van der Waals surface area contributed by atoms with Crippen molar-refractivity contribution in [3.63, 3.8) is 0 Å². The Morgan fingerprint density at radius 3 is 3.21 bits per heavy atom. The van der Waals surface area contributed by atoms with Crippen molar-refractivity contribution in [3.05, 3.63) is 28.9 Å². The normalized spacial score (nSPS) is 10.9. The number of fused-ring (bicyclic) bond motifs is 1. The molecule has 2 heterocycles. The first-order valence-electron chi connectivity index (χ1n) is 4.85. The molecule has 0 aliphatic heterocycles. The van der Waals surface area contributed by atoms with Gasteiger partial charge < -0.3 is 4.98 Å². The first-order valence-corrected chi connectivity index (χ1v) is 4.85. The molecule has 14 heavy (non-hydrogen) atoms. The van der Waals surface area contributed by atoms with Gasteiger partial charge in [0, 0.05) is 12.7 Å². The number of rotatable bonds is 3. The molecule has 0 radical (unpaired) electrons. The Bertz CT molecular complexity index is 483. The molecule has 1 N–H and O–H groups in total. The van der Waals surface area contributed by atoms with Crippen LogP contribution in [0.5, 0.6) is 0 Å². The smallest absolute Gasteiger partial charge is 0.304 e. The van der Waals surface area contributed by atoms with Crippen LogP contribution >= 0.6 is 0 Å². The van der Waals surface area contributed by atoms with E-state index in [0.717, 1.165) is 30.4 Å². The minimum Gasteiger partial charge on any atom is -0.304 e. The molecule has 0 spiro atoms. The standard InChI is InChI=1S/C10H13N3O/c1-2-3-6-13-9-4-5-11-7-8(9)12-10(13)14/h4-5,7H,2-3,6H2,1H3,(H,12,14). The number of nitrogens with zero attached hydrogens (tertiary/aromatic N) is 2. The maximum absolute atomic E-state index is 11.5. The molecule has 2 aromatic heterocycles. The number of nitrogens with one attached hydrogen (secondary N) is 1. The van der Waals surface area contributed by atoms with Crippen molar-refractivity contribution >= 4 is 11.0 Å². The van der Waals surface area contributed by atoms with Crippen molar-refractivity contribution in [2.45, 2.75) is 26.3 Å². The van der Waals surface area contributed by atoms with Crippen LogP contribution in [-0.2, 0) is 6.54 Å². The Kier molecular flexibility index (Phi) is 2.35. The zero-order chi connectivity index (χ0) is 9.97. The van der Waals surface area contributed by atoms with Crippen molar-refractivity contribution in [1.82, 2.24) is 14.5 Å². The average Bonchev–Trinajstić information content (AvgIpc) is 2.51. The van der Waals surface area contributed by atoms with E-state index in [1.165, 1.54) is 0 Å². The molecule has 4 heteroatoms. The van der Waals surface area contributed by atoms with Gasteiger partial charge in [-0.1, -0.05) is 13.3 Å². The van der Waals surface area contributed by atoms with Crippen molar-refractivity contribution < 1.29 is 0 Å². The number of aromatic amines is 1. The molecule has 0 aliphatic carbocycles. The summed E-state index contributed by atoms with van der Waals surface area (Å²) in [7, 11) is 0. The van der Waals surface area contributed by atoms with E-state index in [9.17, 15) is 4.79 Å². The number of hydrogen-bond acceptors (Lipinski definition) is 2. The number of hydrogen-bond donors (Lipinski definition) is 1. The highest BCUT2D eigenvalue weighted by Crippen LogP contribution is 2.07. The second-order valence-corrected chi connectivity index (χ2v) is 3.33. The molecule has 0 bridgehead atoms. The lowest BCUT2D eigenvalue weighted by atomic mass is 10.3. The number of aromatic nitrogens is 3. The maximum Gasteiger partial charge on any atom is 0.326 e. The summed E-state index contributed by atoms with van der Waals surface area (Å²) >= 11 is 0. The predicted molar refractivity (Wildman–Crippen MR) is 55.3 cm³/mol. The Hall–Kier alpha value is -1.58. The van der Waals surface area contributed by atoms with E-state index in [1.807, 2.05) is 6.07 Å². The molecule has 0 fully saturated rings. The van der Waals surface area contributed by atoms with Crippen LogP contribution in [0.4, 0.5) is 0 Å². The molecule has 0 saturated heterocycles. The van der Waals surface area contributed by atoms with Gasteiger partial charge in [-0.15, -0.1) is 0 Å². The fourth-order valence-electron chi connectivity index (χ4n) is 1.55. The zero-order valence-corrected chi connectivity index (χ0v) is 8.16. The van der Waals surface area contributed by atoms with E-state index in [2.05, 4.69) is 16.9 Å². The molecule has 4 nitrogen and oxygen atoms in total. The van der Waals surface area contributed by atoms with Gasteiger partial charge in [-0.3, -0.25) is 9.55 Å². The topological polar surface area (TPSA) is 50.7 Å². The summed E-state index contributed by atoms with van der Waals surface area (Å²) in [6, 6.07) is 1.86. The molecule has 2 aromatic rings. The molecule has 0 saturated carbocycles. The van der Waals surface area contributed by atoms with Gasteiger partial charge in [0.15, 0.2) is 0 Å². The molecular weight excluding hydrogens is 178 g/mol. The Balaban J connectivity index is 2.51. The van der Waals surface area contributed by atoms with Gasteiger partial charge in [-0.05, 0) is 12.5 Å². The molecule has 0 atom stereocenters. The Labute approximate surface area is 81.6 Å². The van der Waals surface area contributed by atoms with Crippen LogP contribution < -0.4 is 5.69 Å². The molecule has 0 aliphatic rings. The van der Waals surface area contributed by atoms with E-state index in [-0.39, 0.29) is 5.69 Å². The van der Waals surface area contributed by atoms with Crippen molar-refractivity contribution in [2.24, 2.45) is 0 Å². The molecule has 2 rings (SSSR count). The van der Waals surface area contributed by atoms with Gasteiger partial charge in [0.25, 0.3) is 0 Å². The third-order valence-electron chi connectivity index (χ3n) is 2.31. The fraction of sp³-hybridized carbons (Fsp3) is 0.400. The van der Waals surface area contributed by atoms with Crippen LogP contribution in [0.2, 0.25) is 0 Å². The van der Waals surface area contributed by atoms with E-state index >= 15 is 0 Å². The summed E-state index contributed by atoms with van der Waals surface area (Å²) in [4.78, 5) is 18.3. The van der Waals surface area contributed by atoms with Gasteiger partial charge in [-0.25, -0.2) is 4.79 Å². The maximum atomic E-state index is 11.5. The Morgan fingerprint density at radius 2 is 2.43 bits per heavy atom. The predicted octanol–water partition coefficient (Wildman–Crippen LogP) is 1.52. The van der Waals surface area contributed by atoms with E-state index < -0.39 is 0 Å².